The second-order valence-corrected chi connectivity index (χ2v) is 7.25. The van der Waals surface area contributed by atoms with Gasteiger partial charge in [0.15, 0.2) is 0 Å². The van der Waals surface area contributed by atoms with Gasteiger partial charge in [-0.15, -0.1) is 0 Å². The van der Waals surface area contributed by atoms with Crippen molar-refractivity contribution in [1.82, 2.24) is 0 Å². The maximum atomic E-state index is 11.6. The van der Waals surface area contributed by atoms with Crippen LogP contribution in [0.15, 0.2) is 24.3 Å². The van der Waals surface area contributed by atoms with Crippen LogP contribution >= 0.6 is 0 Å². The minimum atomic E-state index is 0.0800. The summed E-state index contributed by atoms with van der Waals surface area (Å²) < 4.78 is 0. The van der Waals surface area contributed by atoms with Crippen molar-refractivity contribution in [3.8, 4) is 0 Å². The highest BCUT2D eigenvalue weighted by atomic mass is 16.1. The van der Waals surface area contributed by atoms with Gasteiger partial charge in [0.05, 0.1) is 0 Å². The van der Waals surface area contributed by atoms with Gasteiger partial charge in [-0.1, -0.05) is 95.9 Å². The van der Waals surface area contributed by atoms with E-state index in [2.05, 4.69) is 38.1 Å². The van der Waals surface area contributed by atoms with E-state index in [-0.39, 0.29) is 11.7 Å². The molecule has 1 aromatic rings. The van der Waals surface area contributed by atoms with Crippen LogP contribution in [0.5, 0.6) is 0 Å². The average molecular weight is 331 g/mol. The van der Waals surface area contributed by atoms with E-state index in [0.717, 1.165) is 6.42 Å². The molecule has 0 radical (unpaired) electrons. The summed E-state index contributed by atoms with van der Waals surface area (Å²) in [6.07, 6.45) is 15.9. The third kappa shape index (κ3) is 8.66. The molecule has 0 aliphatic carbocycles. The average Bonchev–Trinajstić information content (AvgIpc) is 2.58. The maximum Gasteiger partial charge on any atom is 0.137 e. The Balaban J connectivity index is 2.12. The number of hydrogen-bond acceptors (Lipinski definition) is 1. The Hall–Kier alpha value is -1.11. The fourth-order valence-electron chi connectivity index (χ4n) is 3.49. The standard InChI is InChI=1S/C23H38O/c1-4-6-7-8-9-10-11-12-13-14-15-21-16-18-22(19-17-21)23(5-2)20(3)24/h16-19,23H,4-15H2,1-3H3. The summed E-state index contributed by atoms with van der Waals surface area (Å²) in [7, 11) is 0. The number of ketones is 1. The topological polar surface area (TPSA) is 17.1 Å². The van der Waals surface area contributed by atoms with E-state index in [9.17, 15) is 4.79 Å². The molecule has 0 bridgehead atoms. The SMILES string of the molecule is CCCCCCCCCCCCc1ccc(C(CC)C(C)=O)cc1. The molecule has 1 heteroatoms. The lowest BCUT2D eigenvalue weighted by atomic mass is 9.92. The smallest absolute Gasteiger partial charge is 0.137 e. The Kier molecular flexibility index (Phi) is 11.5. The molecule has 0 N–H and O–H groups in total. The molecule has 0 saturated heterocycles. The number of Topliss-reactive ketones (excluding diaryl/α,β-unsaturated/α-hetero) is 1. The van der Waals surface area contributed by atoms with Crippen molar-refractivity contribution in [3.63, 3.8) is 0 Å². The number of benzene rings is 1. The molecule has 1 unspecified atom stereocenters. The molecule has 1 atom stereocenters. The van der Waals surface area contributed by atoms with Gasteiger partial charge in [0.1, 0.15) is 5.78 Å². The van der Waals surface area contributed by atoms with Crippen molar-refractivity contribution in [2.75, 3.05) is 0 Å². The van der Waals surface area contributed by atoms with Gasteiger partial charge < -0.3 is 0 Å². The minimum Gasteiger partial charge on any atom is -0.299 e. The van der Waals surface area contributed by atoms with Gasteiger partial charge >= 0.3 is 0 Å². The second-order valence-electron chi connectivity index (χ2n) is 7.25. The Morgan fingerprint density at radius 2 is 1.29 bits per heavy atom. The molecule has 24 heavy (non-hydrogen) atoms. The van der Waals surface area contributed by atoms with Gasteiger partial charge in [-0.05, 0) is 37.3 Å². The molecule has 0 fully saturated rings. The molecule has 0 heterocycles. The van der Waals surface area contributed by atoms with E-state index in [1.165, 1.54) is 81.8 Å². The highest BCUT2D eigenvalue weighted by Gasteiger charge is 2.13. The van der Waals surface area contributed by atoms with E-state index in [1.807, 2.05) is 0 Å². The van der Waals surface area contributed by atoms with E-state index in [0.29, 0.717) is 0 Å². The van der Waals surface area contributed by atoms with Gasteiger partial charge in [0.25, 0.3) is 0 Å². The fourth-order valence-corrected chi connectivity index (χ4v) is 3.49. The van der Waals surface area contributed by atoms with Crippen LogP contribution in [-0.2, 0) is 11.2 Å². The normalized spacial score (nSPS) is 12.3. The Labute approximate surface area is 150 Å². The number of carbonyl (C=O) groups excluding carboxylic acids is 1. The lowest BCUT2D eigenvalue weighted by Crippen LogP contribution is -2.07. The van der Waals surface area contributed by atoms with Crippen LogP contribution < -0.4 is 0 Å². The highest BCUT2D eigenvalue weighted by molar-refractivity contribution is 5.83. The third-order valence-electron chi connectivity index (χ3n) is 5.10. The molecular weight excluding hydrogens is 292 g/mol. The lowest BCUT2D eigenvalue weighted by molar-refractivity contribution is -0.118. The van der Waals surface area contributed by atoms with Crippen LogP contribution in [-0.4, -0.2) is 5.78 Å². The molecule has 1 rings (SSSR count). The number of rotatable bonds is 14. The number of carbonyl (C=O) groups is 1. The van der Waals surface area contributed by atoms with Crippen LogP contribution in [0, 0.1) is 0 Å². The lowest BCUT2D eigenvalue weighted by Gasteiger charge is -2.12. The van der Waals surface area contributed by atoms with Gasteiger partial charge in [-0.2, -0.15) is 0 Å². The first-order valence-corrected chi connectivity index (χ1v) is 10.3. The van der Waals surface area contributed by atoms with Crippen molar-refractivity contribution >= 4 is 5.78 Å². The summed E-state index contributed by atoms with van der Waals surface area (Å²) in [6, 6.07) is 8.74. The molecule has 0 aliphatic rings. The van der Waals surface area contributed by atoms with E-state index in [4.69, 9.17) is 0 Å². The molecule has 0 aromatic heterocycles. The zero-order valence-corrected chi connectivity index (χ0v) is 16.3. The summed E-state index contributed by atoms with van der Waals surface area (Å²) >= 11 is 0. The monoisotopic (exact) mass is 330 g/mol. The largest absolute Gasteiger partial charge is 0.299 e. The molecule has 0 saturated carbocycles. The highest BCUT2D eigenvalue weighted by Crippen LogP contribution is 2.21. The van der Waals surface area contributed by atoms with E-state index >= 15 is 0 Å². The second kappa shape index (κ2) is 13.2. The molecule has 0 spiro atoms. The summed E-state index contributed by atoms with van der Waals surface area (Å²) in [4.78, 5) is 11.6. The Morgan fingerprint density at radius 1 is 0.792 bits per heavy atom. The van der Waals surface area contributed by atoms with Crippen molar-refractivity contribution < 1.29 is 4.79 Å². The molecule has 0 aliphatic heterocycles. The molecule has 136 valence electrons. The first-order chi connectivity index (χ1) is 11.7. The van der Waals surface area contributed by atoms with Crippen molar-refractivity contribution in [1.29, 1.82) is 0 Å². The van der Waals surface area contributed by atoms with Crippen LogP contribution in [0.2, 0.25) is 0 Å². The van der Waals surface area contributed by atoms with Crippen LogP contribution in [0.4, 0.5) is 0 Å². The van der Waals surface area contributed by atoms with Gasteiger partial charge in [-0.3, -0.25) is 4.79 Å². The maximum absolute atomic E-state index is 11.6. The quantitative estimate of drug-likeness (QED) is 0.329. The third-order valence-corrected chi connectivity index (χ3v) is 5.10. The van der Waals surface area contributed by atoms with Crippen molar-refractivity contribution in [2.24, 2.45) is 0 Å². The Bertz CT molecular complexity index is 432. The summed E-state index contributed by atoms with van der Waals surface area (Å²) in [5, 5.41) is 0. The summed E-state index contributed by atoms with van der Waals surface area (Å²) in [5.41, 5.74) is 2.59. The first kappa shape index (κ1) is 20.9. The van der Waals surface area contributed by atoms with E-state index < -0.39 is 0 Å². The van der Waals surface area contributed by atoms with Crippen LogP contribution in [0.1, 0.15) is 108 Å². The predicted octanol–water partition coefficient (Wildman–Crippen LogP) is 7.23. The first-order valence-electron chi connectivity index (χ1n) is 10.3. The molecular formula is C23H38O. The van der Waals surface area contributed by atoms with E-state index in [1.54, 1.807) is 6.92 Å². The van der Waals surface area contributed by atoms with Crippen molar-refractivity contribution in [2.45, 2.75) is 104 Å². The number of unbranched alkanes of at least 4 members (excludes halogenated alkanes) is 9. The van der Waals surface area contributed by atoms with Crippen molar-refractivity contribution in [3.05, 3.63) is 35.4 Å². The zero-order chi connectivity index (χ0) is 17.6. The summed E-state index contributed by atoms with van der Waals surface area (Å²) in [5.74, 6) is 0.358. The van der Waals surface area contributed by atoms with Gasteiger partial charge in [-0.25, -0.2) is 0 Å². The minimum absolute atomic E-state index is 0.0800. The predicted molar refractivity (Wildman–Crippen MR) is 106 cm³/mol. The molecule has 1 aromatic carbocycles. The fraction of sp³-hybridized carbons (Fsp3) is 0.696. The van der Waals surface area contributed by atoms with Gasteiger partial charge in [0, 0.05) is 5.92 Å². The molecule has 0 amide bonds. The Morgan fingerprint density at radius 3 is 1.75 bits per heavy atom. The zero-order valence-electron chi connectivity index (χ0n) is 16.3. The van der Waals surface area contributed by atoms with Crippen LogP contribution in [0.3, 0.4) is 0 Å². The molecule has 1 nitrogen and oxygen atoms in total. The summed E-state index contributed by atoms with van der Waals surface area (Å²) in [6.45, 7) is 6.06. The van der Waals surface area contributed by atoms with Gasteiger partial charge in [0.2, 0.25) is 0 Å². The number of hydrogen-bond donors (Lipinski definition) is 0. The number of aryl methyl sites for hydroxylation is 1. The van der Waals surface area contributed by atoms with Crippen LogP contribution in [0.25, 0.3) is 0 Å².